The SMILES string of the molecule is CN=C(NCCC(=O)N1CCN(c2ccccc2)CC1)NC1CC1C.I. The second kappa shape index (κ2) is 9.99. The molecular formula is C19H30IN5O. The minimum atomic E-state index is 0. The largest absolute Gasteiger partial charge is 0.368 e. The number of carbonyl (C=O) groups is 1. The molecule has 1 amide bonds. The third-order valence-corrected chi connectivity index (χ3v) is 5.04. The maximum atomic E-state index is 12.4. The number of halogens is 1. The zero-order chi connectivity index (χ0) is 17.6. The Morgan fingerprint density at radius 2 is 1.85 bits per heavy atom. The van der Waals surface area contributed by atoms with Crippen molar-refractivity contribution in [1.29, 1.82) is 0 Å². The van der Waals surface area contributed by atoms with Gasteiger partial charge in [0.2, 0.25) is 5.91 Å². The van der Waals surface area contributed by atoms with Crippen LogP contribution in [-0.4, -0.2) is 62.6 Å². The third-order valence-electron chi connectivity index (χ3n) is 5.04. The van der Waals surface area contributed by atoms with E-state index in [2.05, 4.69) is 51.7 Å². The Morgan fingerprint density at radius 3 is 2.42 bits per heavy atom. The van der Waals surface area contributed by atoms with Crippen LogP contribution >= 0.6 is 24.0 Å². The molecule has 1 aliphatic carbocycles. The summed E-state index contributed by atoms with van der Waals surface area (Å²) < 4.78 is 0. The van der Waals surface area contributed by atoms with Crippen molar-refractivity contribution in [2.45, 2.75) is 25.8 Å². The molecule has 0 spiro atoms. The number of nitrogens with one attached hydrogen (secondary N) is 2. The molecule has 1 aromatic carbocycles. The highest BCUT2D eigenvalue weighted by molar-refractivity contribution is 14.0. The van der Waals surface area contributed by atoms with Crippen LogP contribution in [0, 0.1) is 5.92 Å². The number of rotatable bonds is 5. The van der Waals surface area contributed by atoms with E-state index in [4.69, 9.17) is 0 Å². The van der Waals surface area contributed by atoms with Crippen LogP contribution in [0.15, 0.2) is 35.3 Å². The molecule has 0 bridgehead atoms. The van der Waals surface area contributed by atoms with E-state index >= 15 is 0 Å². The van der Waals surface area contributed by atoms with Crippen molar-refractivity contribution in [1.82, 2.24) is 15.5 Å². The van der Waals surface area contributed by atoms with Gasteiger partial charge in [-0.15, -0.1) is 24.0 Å². The molecule has 1 saturated carbocycles. The molecule has 2 fully saturated rings. The Bertz CT molecular complexity index is 601. The van der Waals surface area contributed by atoms with Crippen LogP contribution in [0.2, 0.25) is 0 Å². The van der Waals surface area contributed by atoms with E-state index in [9.17, 15) is 4.79 Å². The van der Waals surface area contributed by atoms with Crippen molar-refractivity contribution in [3.8, 4) is 0 Å². The highest BCUT2D eigenvalue weighted by Gasteiger charge is 2.33. The summed E-state index contributed by atoms with van der Waals surface area (Å²) in [6.45, 7) is 6.22. The molecule has 144 valence electrons. The Hall–Kier alpha value is -1.51. The molecule has 2 unspecified atom stereocenters. The van der Waals surface area contributed by atoms with Gasteiger partial charge < -0.3 is 20.4 Å². The van der Waals surface area contributed by atoms with Crippen molar-refractivity contribution in [3.63, 3.8) is 0 Å². The maximum Gasteiger partial charge on any atom is 0.224 e. The number of guanidine groups is 1. The highest BCUT2D eigenvalue weighted by atomic mass is 127. The molecule has 0 aromatic heterocycles. The molecule has 2 aliphatic rings. The van der Waals surface area contributed by atoms with E-state index in [-0.39, 0.29) is 29.9 Å². The number of piperazine rings is 1. The summed E-state index contributed by atoms with van der Waals surface area (Å²) >= 11 is 0. The Morgan fingerprint density at radius 1 is 1.19 bits per heavy atom. The van der Waals surface area contributed by atoms with Crippen LogP contribution in [0.5, 0.6) is 0 Å². The van der Waals surface area contributed by atoms with Gasteiger partial charge in [0.15, 0.2) is 5.96 Å². The third kappa shape index (κ3) is 5.75. The first kappa shape index (κ1) is 20.8. The molecule has 1 heterocycles. The van der Waals surface area contributed by atoms with E-state index in [1.54, 1.807) is 7.05 Å². The van der Waals surface area contributed by atoms with Crippen LogP contribution in [0.25, 0.3) is 0 Å². The van der Waals surface area contributed by atoms with Gasteiger partial charge in [0.25, 0.3) is 0 Å². The van der Waals surface area contributed by atoms with Crippen LogP contribution < -0.4 is 15.5 Å². The summed E-state index contributed by atoms with van der Waals surface area (Å²) in [6, 6.07) is 10.9. The van der Waals surface area contributed by atoms with Crippen molar-refractivity contribution in [3.05, 3.63) is 30.3 Å². The van der Waals surface area contributed by atoms with Gasteiger partial charge in [-0.1, -0.05) is 25.1 Å². The summed E-state index contributed by atoms with van der Waals surface area (Å²) in [5.74, 6) is 1.74. The van der Waals surface area contributed by atoms with Gasteiger partial charge in [0.05, 0.1) is 0 Å². The van der Waals surface area contributed by atoms with Gasteiger partial charge >= 0.3 is 0 Å². The normalized spacial score (nSPS) is 22.5. The molecule has 1 aliphatic heterocycles. The first-order chi connectivity index (χ1) is 12.2. The van der Waals surface area contributed by atoms with Crippen LogP contribution in [0.1, 0.15) is 19.8 Å². The molecule has 2 atom stereocenters. The number of benzene rings is 1. The van der Waals surface area contributed by atoms with Crippen LogP contribution in [-0.2, 0) is 4.79 Å². The van der Waals surface area contributed by atoms with Gasteiger partial charge in [-0.3, -0.25) is 9.79 Å². The number of para-hydroxylation sites is 1. The van der Waals surface area contributed by atoms with Crippen LogP contribution in [0.3, 0.4) is 0 Å². The van der Waals surface area contributed by atoms with E-state index in [0.29, 0.717) is 19.0 Å². The molecule has 3 rings (SSSR count). The topological polar surface area (TPSA) is 60.0 Å². The van der Waals surface area contributed by atoms with E-state index in [1.165, 1.54) is 12.1 Å². The Balaban J connectivity index is 0.00000243. The Labute approximate surface area is 173 Å². The molecule has 0 radical (unpaired) electrons. The average molecular weight is 471 g/mol. The second-order valence-electron chi connectivity index (χ2n) is 6.92. The highest BCUT2D eigenvalue weighted by Crippen LogP contribution is 2.28. The number of aliphatic imine (C=N–C) groups is 1. The molecule has 1 saturated heterocycles. The minimum absolute atomic E-state index is 0. The molecule has 2 N–H and O–H groups in total. The van der Waals surface area contributed by atoms with E-state index in [0.717, 1.165) is 38.1 Å². The van der Waals surface area contributed by atoms with Crippen LogP contribution in [0.4, 0.5) is 5.69 Å². The number of hydrogen-bond acceptors (Lipinski definition) is 3. The molecule has 6 nitrogen and oxygen atoms in total. The van der Waals surface area contributed by atoms with Gasteiger partial charge in [-0.2, -0.15) is 0 Å². The number of carbonyl (C=O) groups excluding carboxylic acids is 1. The van der Waals surface area contributed by atoms with Crippen molar-refractivity contribution >= 4 is 41.5 Å². The monoisotopic (exact) mass is 471 g/mol. The van der Waals surface area contributed by atoms with Gasteiger partial charge in [-0.25, -0.2) is 0 Å². The summed E-state index contributed by atoms with van der Waals surface area (Å²) in [5.41, 5.74) is 1.24. The number of amides is 1. The fourth-order valence-electron chi connectivity index (χ4n) is 3.19. The van der Waals surface area contributed by atoms with Crippen molar-refractivity contribution < 1.29 is 4.79 Å². The number of nitrogens with zero attached hydrogens (tertiary/aromatic N) is 3. The molecule has 1 aromatic rings. The maximum absolute atomic E-state index is 12.4. The predicted molar refractivity (Wildman–Crippen MR) is 117 cm³/mol. The quantitative estimate of drug-likeness (QED) is 0.392. The molecule has 7 heteroatoms. The zero-order valence-corrected chi connectivity index (χ0v) is 18.0. The fourth-order valence-corrected chi connectivity index (χ4v) is 3.19. The lowest BCUT2D eigenvalue weighted by Crippen LogP contribution is -2.49. The van der Waals surface area contributed by atoms with Gasteiger partial charge in [0, 0.05) is 57.9 Å². The molecular weight excluding hydrogens is 441 g/mol. The summed E-state index contributed by atoms with van der Waals surface area (Å²) in [4.78, 5) is 20.9. The first-order valence-electron chi connectivity index (χ1n) is 9.22. The second-order valence-corrected chi connectivity index (χ2v) is 6.92. The Kier molecular flexibility index (Phi) is 7.99. The van der Waals surface area contributed by atoms with E-state index in [1.807, 2.05) is 11.0 Å². The lowest BCUT2D eigenvalue weighted by Gasteiger charge is -2.36. The minimum Gasteiger partial charge on any atom is -0.368 e. The van der Waals surface area contributed by atoms with Gasteiger partial charge in [0.1, 0.15) is 0 Å². The first-order valence-corrected chi connectivity index (χ1v) is 9.22. The zero-order valence-electron chi connectivity index (χ0n) is 15.6. The van der Waals surface area contributed by atoms with Crippen molar-refractivity contribution in [2.75, 3.05) is 44.7 Å². The standard InChI is InChI=1S/C19H29N5O.HI/c1-15-14-17(15)22-19(20-2)21-9-8-18(25)24-12-10-23(11-13-24)16-6-4-3-5-7-16;/h3-7,15,17H,8-14H2,1-2H3,(H2,20,21,22);1H. The lowest BCUT2D eigenvalue weighted by atomic mass is 10.2. The predicted octanol–water partition coefficient (Wildman–Crippen LogP) is 1.92. The van der Waals surface area contributed by atoms with E-state index < -0.39 is 0 Å². The number of hydrogen-bond donors (Lipinski definition) is 2. The average Bonchev–Trinajstić information content (AvgIpc) is 3.36. The summed E-state index contributed by atoms with van der Waals surface area (Å²) in [5, 5.41) is 6.62. The lowest BCUT2D eigenvalue weighted by molar-refractivity contribution is -0.131. The van der Waals surface area contributed by atoms with Gasteiger partial charge in [-0.05, 0) is 24.5 Å². The van der Waals surface area contributed by atoms with Crippen molar-refractivity contribution in [2.24, 2.45) is 10.9 Å². The summed E-state index contributed by atoms with van der Waals surface area (Å²) in [7, 11) is 1.77. The smallest absolute Gasteiger partial charge is 0.224 e. The summed E-state index contributed by atoms with van der Waals surface area (Å²) in [6.07, 6.45) is 1.71. The fraction of sp³-hybridized carbons (Fsp3) is 0.579. The molecule has 26 heavy (non-hydrogen) atoms. The number of anilines is 1.